The normalized spacial score (nSPS) is 11.7. The zero-order chi connectivity index (χ0) is 42.0. The Hall–Kier alpha value is -8.35. The van der Waals surface area contributed by atoms with Crippen LogP contribution in [0.4, 0.5) is 0 Å². The van der Waals surface area contributed by atoms with Crippen LogP contribution in [0.15, 0.2) is 203 Å². The molecule has 298 valence electrons. The highest BCUT2D eigenvalue weighted by atomic mass is 16.3. The Balaban J connectivity index is 0.00000208. The van der Waals surface area contributed by atoms with Crippen molar-refractivity contribution in [2.75, 3.05) is 0 Å². The fourth-order valence-corrected chi connectivity index (χ4v) is 9.21. The highest BCUT2D eigenvalue weighted by Crippen LogP contribution is 2.43. The van der Waals surface area contributed by atoms with Crippen LogP contribution in [0.5, 0.6) is 0 Å². The summed E-state index contributed by atoms with van der Waals surface area (Å²) in [7, 11) is 0. The average molecular weight is 811 g/mol. The molecule has 6 nitrogen and oxygen atoms in total. The number of rotatable bonds is 5. The van der Waals surface area contributed by atoms with E-state index in [4.69, 9.17) is 23.8 Å². The van der Waals surface area contributed by atoms with Gasteiger partial charge in [0.25, 0.3) is 0 Å². The van der Waals surface area contributed by atoms with E-state index in [1.165, 1.54) is 21.5 Å². The molecule has 4 heterocycles. The van der Waals surface area contributed by atoms with Gasteiger partial charge in [-0.3, -0.25) is 0 Å². The van der Waals surface area contributed by atoms with Crippen LogP contribution in [0.1, 0.15) is 13.8 Å². The van der Waals surface area contributed by atoms with Crippen molar-refractivity contribution >= 4 is 76.5 Å². The first-order valence-electron chi connectivity index (χ1n) is 21.4. The second-order valence-electron chi connectivity index (χ2n) is 15.6. The van der Waals surface area contributed by atoms with Crippen LogP contribution in [-0.2, 0) is 0 Å². The molecule has 0 spiro atoms. The molecule has 6 heteroatoms. The van der Waals surface area contributed by atoms with Gasteiger partial charge in [-0.05, 0) is 59.5 Å². The van der Waals surface area contributed by atoms with Gasteiger partial charge in [-0.1, -0.05) is 159 Å². The Bertz CT molecular complexity index is 3900. The minimum Gasteiger partial charge on any atom is -0.456 e. The maximum atomic E-state index is 6.41. The lowest BCUT2D eigenvalue weighted by Crippen LogP contribution is -2.01. The van der Waals surface area contributed by atoms with E-state index in [1.807, 2.05) is 80.6 Å². The molecular formula is C57H38N4O2. The quantitative estimate of drug-likeness (QED) is 0.173. The Morgan fingerprint density at radius 1 is 0.333 bits per heavy atom. The van der Waals surface area contributed by atoms with E-state index >= 15 is 0 Å². The topological polar surface area (TPSA) is 69.9 Å². The lowest BCUT2D eigenvalue weighted by molar-refractivity contribution is 0.668. The van der Waals surface area contributed by atoms with Gasteiger partial charge in [-0.2, -0.15) is 0 Å². The van der Waals surface area contributed by atoms with E-state index < -0.39 is 0 Å². The number of aromatic nitrogens is 4. The van der Waals surface area contributed by atoms with E-state index in [-0.39, 0.29) is 0 Å². The molecule has 0 amide bonds. The number of benzene rings is 9. The van der Waals surface area contributed by atoms with Crippen LogP contribution < -0.4 is 0 Å². The molecule has 63 heavy (non-hydrogen) atoms. The summed E-state index contributed by atoms with van der Waals surface area (Å²) in [5, 5.41) is 9.07. The van der Waals surface area contributed by atoms with Crippen molar-refractivity contribution in [2.45, 2.75) is 13.8 Å². The second-order valence-corrected chi connectivity index (χ2v) is 15.6. The zero-order valence-electron chi connectivity index (χ0n) is 34.6. The molecule has 0 aliphatic rings. The molecule has 9 aromatic carbocycles. The third-order valence-corrected chi connectivity index (χ3v) is 12.0. The summed E-state index contributed by atoms with van der Waals surface area (Å²) in [5.74, 6) is 1.75. The third-order valence-electron chi connectivity index (χ3n) is 12.0. The van der Waals surface area contributed by atoms with Crippen LogP contribution in [0.3, 0.4) is 0 Å². The molecule has 0 unspecified atom stereocenters. The standard InChI is InChI=1S/C55H32N4O2.C2H6/c1-2-13-34(14-3-1)53-56-54(58-55(57-53)37-26-28-44-42-19-7-9-23-48(42)61-50(44)32-37)36-15-10-16-38(30-36)59-51-39-17-5-4-12-33(39)24-29-46(51)45-21-11-20-40(52(45)59)35-25-27-43-41-18-6-8-22-47(41)60-49(43)31-35;1-2/h1-32H;1-2H3. The van der Waals surface area contributed by atoms with Gasteiger partial charge in [0.2, 0.25) is 0 Å². The van der Waals surface area contributed by atoms with Gasteiger partial charge in [0, 0.05) is 65.6 Å². The van der Waals surface area contributed by atoms with Crippen molar-refractivity contribution < 1.29 is 8.83 Å². The average Bonchev–Trinajstić information content (AvgIpc) is 4.04. The Kier molecular flexibility index (Phi) is 8.50. The van der Waals surface area contributed by atoms with Crippen LogP contribution >= 0.6 is 0 Å². The number of fused-ring (bicyclic) bond motifs is 11. The minimum absolute atomic E-state index is 0.572. The number of hydrogen-bond acceptors (Lipinski definition) is 5. The highest BCUT2D eigenvalue weighted by Gasteiger charge is 2.21. The monoisotopic (exact) mass is 810 g/mol. The number of para-hydroxylation sites is 3. The first-order chi connectivity index (χ1) is 31.2. The molecule has 13 rings (SSSR count). The zero-order valence-corrected chi connectivity index (χ0v) is 34.6. The van der Waals surface area contributed by atoms with Crippen molar-refractivity contribution in [3.63, 3.8) is 0 Å². The van der Waals surface area contributed by atoms with E-state index in [0.717, 1.165) is 88.4 Å². The molecule has 0 N–H and O–H groups in total. The summed E-state index contributed by atoms with van der Waals surface area (Å²) >= 11 is 0. The molecule has 0 radical (unpaired) electrons. The predicted molar refractivity (Wildman–Crippen MR) is 259 cm³/mol. The van der Waals surface area contributed by atoms with Gasteiger partial charge >= 0.3 is 0 Å². The summed E-state index contributed by atoms with van der Waals surface area (Å²) in [5.41, 5.74) is 11.5. The largest absolute Gasteiger partial charge is 0.456 e. The van der Waals surface area contributed by atoms with E-state index in [0.29, 0.717) is 17.5 Å². The van der Waals surface area contributed by atoms with Crippen LogP contribution in [0.2, 0.25) is 0 Å². The first-order valence-corrected chi connectivity index (χ1v) is 21.4. The number of furan rings is 2. The lowest BCUT2D eigenvalue weighted by Gasteiger charge is -2.14. The fraction of sp³-hybridized carbons (Fsp3) is 0.0351. The molecule has 4 aromatic heterocycles. The molecule has 0 fully saturated rings. The van der Waals surface area contributed by atoms with Crippen LogP contribution in [0.25, 0.3) is 127 Å². The van der Waals surface area contributed by atoms with E-state index in [1.54, 1.807) is 0 Å². The smallest absolute Gasteiger partial charge is 0.164 e. The molecule has 13 aromatic rings. The molecule has 0 saturated carbocycles. The van der Waals surface area contributed by atoms with Crippen molar-refractivity contribution in [3.05, 3.63) is 194 Å². The first kappa shape index (κ1) is 36.5. The van der Waals surface area contributed by atoms with Crippen molar-refractivity contribution in [3.8, 4) is 51.0 Å². The van der Waals surface area contributed by atoms with Crippen molar-refractivity contribution in [2.24, 2.45) is 0 Å². The third kappa shape index (κ3) is 5.91. The Morgan fingerprint density at radius 3 is 1.54 bits per heavy atom. The molecule has 0 saturated heterocycles. The molecule has 0 aliphatic heterocycles. The lowest BCUT2D eigenvalue weighted by atomic mass is 10.00. The van der Waals surface area contributed by atoms with Crippen molar-refractivity contribution in [1.29, 1.82) is 0 Å². The number of nitrogens with zero attached hydrogens (tertiary/aromatic N) is 4. The van der Waals surface area contributed by atoms with Gasteiger partial charge in [0.1, 0.15) is 22.3 Å². The van der Waals surface area contributed by atoms with Crippen molar-refractivity contribution in [1.82, 2.24) is 19.5 Å². The summed E-state index contributed by atoms with van der Waals surface area (Å²) in [6.07, 6.45) is 0. The predicted octanol–water partition coefficient (Wildman–Crippen LogP) is 15.6. The summed E-state index contributed by atoms with van der Waals surface area (Å²) in [6.45, 7) is 4.00. The maximum absolute atomic E-state index is 6.41. The molecule has 0 atom stereocenters. The maximum Gasteiger partial charge on any atom is 0.164 e. The Labute approximate surface area is 362 Å². The summed E-state index contributed by atoms with van der Waals surface area (Å²) in [4.78, 5) is 15.4. The second kappa shape index (κ2) is 14.7. The van der Waals surface area contributed by atoms with Gasteiger partial charge in [0.05, 0.1) is 11.0 Å². The van der Waals surface area contributed by atoms with Gasteiger partial charge in [-0.25, -0.2) is 15.0 Å². The SMILES string of the molecule is CC.c1ccc(-c2nc(-c3cccc(-n4c5c(-c6ccc7c(c6)oc6ccccc67)cccc5c5ccc6ccccc6c54)c3)nc(-c3ccc4c(c3)oc3ccccc34)n2)cc1. The summed E-state index contributed by atoms with van der Waals surface area (Å²) < 4.78 is 15.1. The minimum atomic E-state index is 0.572. The van der Waals surface area contributed by atoms with Crippen LogP contribution in [-0.4, -0.2) is 19.5 Å². The molecular weight excluding hydrogens is 773 g/mol. The highest BCUT2D eigenvalue weighted by molar-refractivity contribution is 6.21. The summed E-state index contributed by atoms with van der Waals surface area (Å²) in [6, 6.07) is 67.5. The van der Waals surface area contributed by atoms with E-state index in [9.17, 15) is 0 Å². The van der Waals surface area contributed by atoms with Crippen LogP contribution in [0, 0.1) is 0 Å². The van der Waals surface area contributed by atoms with Gasteiger partial charge in [0.15, 0.2) is 17.5 Å². The molecule has 0 bridgehead atoms. The molecule has 0 aliphatic carbocycles. The number of hydrogen-bond donors (Lipinski definition) is 0. The Morgan fingerprint density at radius 2 is 0.825 bits per heavy atom. The van der Waals surface area contributed by atoms with Gasteiger partial charge in [-0.15, -0.1) is 0 Å². The fourth-order valence-electron chi connectivity index (χ4n) is 9.21. The van der Waals surface area contributed by atoms with E-state index in [2.05, 4.69) is 132 Å². The van der Waals surface area contributed by atoms with Gasteiger partial charge < -0.3 is 13.4 Å².